The smallest absolute Gasteiger partial charge is 0.119 e. The van der Waals surface area contributed by atoms with Gasteiger partial charge in [-0.1, -0.05) is 32.9 Å². The molecule has 0 amide bonds. The first-order chi connectivity index (χ1) is 9.06. The largest absolute Gasteiger partial charge is 0.493 e. The summed E-state index contributed by atoms with van der Waals surface area (Å²) in [6.07, 6.45) is 0.927. The third-order valence-corrected chi connectivity index (χ3v) is 3.16. The lowest BCUT2D eigenvalue weighted by molar-refractivity contribution is 0.230. The summed E-state index contributed by atoms with van der Waals surface area (Å²) in [6.45, 7) is 9.39. The van der Waals surface area contributed by atoms with Crippen molar-refractivity contribution in [3.05, 3.63) is 29.8 Å². The van der Waals surface area contributed by atoms with E-state index in [9.17, 15) is 5.11 Å². The number of aliphatic hydroxyl groups excluding tert-OH is 1. The lowest BCUT2D eigenvalue weighted by Crippen LogP contribution is -2.33. The van der Waals surface area contributed by atoms with Crippen LogP contribution in [0.5, 0.6) is 5.75 Å². The van der Waals surface area contributed by atoms with Gasteiger partial charge in [-0.15, -0.1) is 0 Å². The quantitative estimate of drug-likeness (QED) is 0.758. The van der Waals surface area contributed by atoms with Gasteiger partial charge in [-0.3, -0.25) is 0 Å². The summed E-state index contributed by atoms with van der Waals surface area (Å²) < 4.78 is 5.67. The van der Waals surface area contributed by atoms with Crippen molar-refractivity contribution in [1.82, 2.24) is 5.32 Å². The van der Waals surface area contributed by atoms with Crippen LogP contribution in [0.2, 0.25) is 0 Å². The zero-order chi connectivity index (χ0) is 14.3. The molecule has 0 bridgehead atoms. The molecule has 0 fully saturated rings. The molecule has 3 heteroatoms. The van der Waals surface area contributed by atoms with E-state index in [2.05, 4.69) is 45.1 Å². The van der Waals surface area contributed by atoms with Crippen LogP contribution in [0, 0.1) is 5.92 Å². The van der Waals surface area contributed by atoms with E-state index in [1.165, 1.54) is 5.56 Å². The minimum absolute atomic E-state index is 0.159. The van der Waals surface area contributed by atoms with Gasteiger partial charge in [0.25, 0.3) is 0 Å². The van der Waals surface area contributed by atoms with Gasteiger partial charge < -0.3 is 15.2 Å². The van der Waals surface area contributed by atoms with Crippen LogP contribution in [-0.4, -0.2) is 24.4 Å². The highest BCUT2D eigenvalue weighted by Gasteiger charge is 2.10. The fourth-order valence-corrected chi connectivity index (χ4v) is 1.87. The van der Waals surface area contributed by atoms with Crippen molar-refractivity contribution in [3.63, 3.8) is 0 Å². The van der Waals surface area contributed by atoms with Gasteiger partial charge in [-0.2, -0.15) is 0 Å². The van der Waals surface area contributed by atoms with Crippen LogP contribution in [-0.2, 0) is 0 Å². The summed E-state index contributed by atoms with van der Waals surface area (Å²) >= 11 is 0. The highest BCUT2D eigenvalue weighted by Crippen LogP contribution is 2.18. The van der Waals surface area contributed by atoms with E-state index in [-0.39, 0.29) is 18.7 Å². The Labute approximate surface area is 117 Å². The van der Waals surface area contributed by atoms with Crippen molar-refractivity contribution >= 4 is 0 Å². The molecule has 0 aliphatic rings. The zero-order valence-corrected chi connectivity index (χ0v) is 12.5. The molecular weight excluding hydrogens is 238 g/mol. The van der Waals surface area contributed by atoms with E-state index in [0.29, 0.717) is 5.92 Å². The molecule has 2 atom stereocenters. The number of hydrogen-bond acceptors (Lipinski definition) is 3. The van der Waals surface area contributed by atoms with Crippen LogP contribution in [0.4, 0.5) is 0 Å². The molecule has 0 saturated heterocycles. The number of rotatable bonds is 8. The Morgan fingerprint density at radius 1 is 1.16 bits per heavy atom. The molecule has 0 aliphatic carbocycles. The van der Waals surface area contributed by atoms with Gasteiger partial charge in [-0.05, 0) is 37.0 Å². The highest BCUT2D eigenvalue weighted by molar-refractivity contribution is 5.29. The summed E-state index contributed by atoms with van der Waals surface area (Å²) in [4.78, 5) is 0. The van der Waals surface area contributed by atoms with Crippen LogP contribution < -0.4 is 10.1 Å². The predicted octanol–water partition coefficient (Wildman–Crippen LogP) is 3.14. The summed E-state index contributed by atoms with van der Waals surface area (Å²) in [5, 5.41) is 12.6. The lowest BCUT2D eigenvalue weighted by Gasteiger charge is -2.21. The van der Waals surface area contributed by atoms with Gasteiger partial charge in [0.15, 0.2) is 0 Å². The van der Waals surface area contributed by atoms with E-state index >= 15 is 0 Å². The fourth-order valence-electron chi connectivity index (χ4n) is 1.87. The second kappa shape index (κ2) is 8.18. The van der Waals surface area contributed by atoms with Gasteiger partial charge in [-0.25, -0.2) is 0 Å². The first-order valence-electron chi connectivity index (χ1n) is 7.16. The second-order valence-corrected chi connectivity index (χ2v) is 5.45. The third kappa shape index (κ3) is 5.62. The Morgan fingerprint density at radius 2 is 1.79 bits per heavy atom. The maximum Gasteiger partial charge on any atom is 0.119 e. The van der Waals surface area contributed by atoms with E-state index in [1.807, 2.05) is 12.1 Å². The standard InChI is InChI=1S/C16H27NO2/c1-5-15(10-18)17-13(4)14-6-8-16(9-7-14)19-11-12(2)3/h6-9,12-13,15,17-18H,5,10-11H2,1-4H3. The monoisotopic (exact) mass is 265 g/mol. The van der Waals surface area contributed by atoms with Crippen LogP contribution in [0.3, 0.4) is 0 Å². The number of hydrogen-bond donors (Lipinski definition) is 2. The Bertz CT molecular complexity index is 344. The van der Waals surface area contributed by atoms with Crippen LogP contribution >= 0.6 is 0 Å². The lowest BCUT2D eigenvalue weighted by atomic mass is 10.1. The molecule has 1 aromatic rings. The summed E-state index contributed by atoms with van der Waals surface area (Å²) in [6, 6.07) is 8.57. The molecule has 0 aromatic heterocycles. The first-order valence-corrected chi connectivity index (χ1v) is 7.16. The molecule has 0 heterocycles. The maximum absolute atomic E-state index is 9.21. The van der Waals surface area contributed by atoms with Crippen molar-refractivity contribution in [2.75, 3.05) is 13.2 Å². The average Bonchev–Trinajstić information content (AvgIpc) is 2.42. The number of ether oxygens (including phenoxy) is 1. The first kappa shape index (κ1) is 16.0. The van der Waals surface area contributed by atoms with Crippen LogP contribution in [0.15, 0.2) is 24.3 Å². The third-order valence-electron chi connectivity index (χ3n) is 3.16. The highest BCUT2D eigenvalue weighted by atomic mass is 16.5. The number of nitrogens with one attached hydrogen (secondary N) is 1. The van der Waals surface area contributed by atoms with Crippen molar-refractivity contribution in [1.29, 1.82) is 0 Å². The molecule has 0 radical (unpaired) electrons. The van der Waals surface area contributed by atoms with E-state index in [0.717, 1.165) is 18.8 Å². The molecule has 0 saturated carbocycles. The topological polar surface area (TPSA) is 41.5 Å². The predicted molar refractivity (Wildman–Crippen MR) is 79.5 cm³/mol. The molecule has 108 valence electrons. The minimum atomic E-state index is 0.159. The SMILES string of the molecule is CCC(CO)NC(C)c1ccc(OCC(C)C)cc1. The summed E-state index contributed by atoms with van der Waals surface area (Å²) in [5.41, 5.74) is 1.21. The molecule has 1 aromatic carbocycles. The van der Waals surface area contributed by atoms with E-state index < -0.39 is 0 Å². The molecule has 0 aliphatic heterocycles. The van der Waals surface area contributed by atoms with Crippen LogP contribution in [0.25, 0.3) is 0 Å². The minimum Gasteiger partial charge on any atom is -0.493 e. The Morgan fingerprint density at radius 3 is 2.26 bits per heavy atom. The number of benzene rings is 1. The van der Waals surface area contributed by atoms with Gasteiger partial charge in [0.2, 0.25) is 0 Å². The number of aliphatic hydroxyl groups is 1. The zero-order valence-electron chi connectivity index (χ0n) is 12.5. The molecule has 2 N–H and O–H groups in total. The second-order valence-electron chi connectivity index (χ2n) is 5.45. The van der Waals surface area contributed by atoms with Gasteiger partial charge in [0.05, 0.1) is 13.2 Å². The van der Waals surface area contributed by atoms with Gasteiger partial charge >= 0.3 is 0 Å². The van der Waals surface area contributed by atoms with Crippen molar-refractivity contribution in [3.8, 4) is 5.75 Å². The van der Waals surface area contributed by atoms with E-state index in [4.69, 9.17) is 4.74 Å². The van der Waals surface area contributed by atoms with Crippen molar-refractivity contribution in [2.45, 2.75) is 46.2 Å². The van der Waals surface area contributed by atoms with Crippen molar-refractivity contribution in [2.24, 2.45) is 5.92 Å². The van der Waals surface area contributed by atoms with Gasteiger partial charge in [0.1, 0.15) is 5.75 Å². The van der Waals surface area contributed by atoms with E-state index in [1.54, 1.807) is 0 Å². The molecular formula is C16H27NO2. The summed E-state index contributed by atoms with van der Waals surface area (Å²) in [7, 11) is 0. The summed E-state index contributed by atoms with van der Waals surface area (Å²) in [5.74, 6) is 1.45. The fraction of sp³-hybridized carbons (Fsp3) is 0.625. The normalized spacial score (nSPS) is 14.4. The maximum atomic E-state index is 9.21. The van der Waals surface area contributed by atoms with Crippen molar-refractivity contribution < 1.29 is 9.84 Å². The Balaban J connectivity index is 2.55. The molecule has 2 unspecified atom stereocenters. The molecule has 3 nitrogen and oxygen atoms in total. The van der Waals surface area contributed by atoms with Crippen LogP contribution in [0.1, 0.15) is 45.7 Å². The Kier molecular flexibility index (Phi) is 6.89. The Hall–Kier alpha value is -1.06. The molecule has 1 rings (SSSR count). The molecule has 0 spiro atoms. The molecule has 19 heavy (non-hydrogen) atoms. The van der Waals surface area contributed by atoms with Gasteiger partial charge in [0, 0.05) is 12.1 Å². The average molecular weight is 265 g/mol.